The minimum absolute atomic E-state index is 0.674. The third kappa shape index (κ3) is 7.47. The molecule has 0 radical (unpaired) electrons. The summed E-state index contributed by atoms with van der Waals surface area (Å²) in [6.07, 6.45) is -7.22. The topological polar surface area (TPSA) is 0 Å². The zero-order valence-electron chi connectivity index (χ0n) is 33.7. The van der Waals surface area contributed by atoms with Crippen molar-refractivity contribution in [1.82, 2.24) is 0 Å². The summed E-state index contributed by atoms with van der Waals surface area (Å²) in [6, 6.07) is 0. The third-order valence-corrected chi connectivity index (χ3v) is 42.2. The molecule has 26 heteroatoms. The van der Waals surface area contributed by atoms with Crippen LogP contribution in [0.5, 0.6) is 0 Å². The standard InChI is InChI=1S/C24BF20.C11H34NSi4/c26-5-1(6(27)14(35)21(42)13(5)34)25(2-7(28)15(36)22(43)16(37)8(2)29,3-9(30)17(38)23(44)18(39)10(3)31)4-11(32)19(40)24(45)20(41)12(4)33;1-13(2)12(14(3,4)5,15(6,7)8)16(9,10)11/h;13H,1-11H3/q-1;+1. The summed E-state index contributed by atoms with van der Waals surface area (Å²) in [6.45, 7) is 28.8. The molecule has 338 valence electrons. The van der Waals surface area contributed by atoms with Crippen molar-refractivity contribution < 1.29 is 91.0 Å². The van der Waals surface area contributed by atoms with Crippen LogP contribution in [0.15, 0.2) is 0 Å². The molecule has 0 saturated heterocycles. The van der Waals surface area contributed by atoms with E-state index >= 15 is 35.1 Å². The highest BCUT2D eigenvalue weighted by Crippen LogP contribution is 2.40. The lowest BCUT2D eigenvalue weighted by Gasteiger charge is -2.70. The lowest BCUT2D eigenvalue weighted by molar-refractivity contribution is -0.483. The Bertz CT molecular complexity index is 2010. The molecule has 0 aliphatic carbocycles. The lowest BCUT2D eigenvalue weighted by atomic mass is 9.12. The molecule has 0 spiro atoms. The zero-order valence-corrected chi connectivity index (χ0v) is 37.8. The summed E-state index contributed by atoms with van der Waals surface area (Å²) in [7, 11) is -4.12. The van der Waals surface area contributed by atoms with Crippen molar-refractivity contribution in [1.29, 1.82) is 0 Å². The van der Waals surface area contributed by atoms with Gasteiger partial charge in [0.05, 0.1) is 0 Å². The first-order valence-electron chi connectivity index (χ1n) is 17.5. The number of hydrogen-bond donors (Lipinski definition) is 0. The first-order valence-corrected chi connectivity index (χ1v) is 30.7. The molecular weight excluding hydrogens is 938 g/mol. The van der Waals surface area contributed by atoms with Crippen LogP contribution in [-0.4, -0.2) is 43.0 Å². The zero-order chi connectivity index (χ0) is 47.9. The molecule has 0 aliphatic rings. The Labute approximate surface area is 340 Å². The Morgan fingerprint density at radius 2 is 0.377 bits per heavy atom. The van der Waals surface area contributed by atoms with Crippen LogP contribution in [0.25, 0.3) is 0 Å². The summed E-state index contributed by atoms with van der Waals surface area (Å²) in [4.78, 5) is 0. The summed E-state index contributed by atoms with van der Waals surface area (Å²) >= 11 is 0. The second-order valence-electron chi connectivity index (χ2n) is 17.1. The number of rotatable bonds is 8. The Kier molecular flexibility index (Phi) is 14.3. The van der Waals surface area contributed by atoms with Crippen molar-refractivity contribution in [3.8, 4) is 0 Å². The Balaban J connectivity index is 0.000000525. The summed E-state index contributed by atoms with van der Waals surface area (Å²) in [5, 5.41) is 0. The maximum Gasteiger partial charge on any atom is 0.226 e. The second-order valence-corrected chi connectivity index (χ2v) is 38.1. The van der Waals surface area contributed by atoms with E-state index in [1.54, 1.807) is 3.15 Å². The highest BCUT2D eigenvalue weighted by atomic mass is 28.5. The molecule has 0 fully saturated rings. The molecule has 0 aromatic heterocycles. The van der Waals surface area contributed by atoms with Crippen molar-refractivity contribution in [2.75, 3.05) is 0 Å². The van der Waals surface area contributed by atoms with Crippen molar-refractivity contribution in [2.24, 2.45) is 0 Å². The van der Waals surface area contributed by atoms with E-state index < -0.39 is 178 Å². The number of quaternary nitrogens is 1. The van der Waals surface area contributed by atoms with Gasteiger partial charge in [-0.05, 0) is 72.0 Å². The van der Waals surface area contributed by atoms with Gasteiger partial charge in [0.15, 0.2) is 69.8 Å². The van der Waals surface area contributed by atoms with Gasteiger partial charge in [-0.15, -0.1) is 21.9 Å². The van der Waals surface area contributed by atoms with Crippen molar-refractivity contribution in [2.45, 2.75) is 72.0 Å². The molecule has 0 N–H and O–H groups in total. The molecule has 4 aromatic rings. The number of benzene rings is 4. The van der Waals surface area contributed by atoms with Crippen molar-refractivity contribution >= 4 is 61.7 Å². The van der Waals surface area contributed by atoms with Gasteiger partial charge in [0.1, 0.15) is 52.7 Å². The highest BCUT2D eigenvalue weighted by Gasteiger charge is 2.59. The van der Waals surface area contributed by atoms with Gasteiger partial charge < -0.3 is 3.15 Å². The average Bonchev–Trinajstić information content (AvgIpc) is 3.13. The van der Waals surface area contributed by atoms with Gasteiger partial charge in [0.25, 0.3) is 0 Å². The largest absolute Gasteiger partial charge is 0.576 e. The molecule has 0 unspecified atom stereocenters. The molecule has 0 heterocycles. The van der Waals surface area contributed by atoms with E-state index in [9.17, 15) is 52.7 Å². The van der Waals surface area contributed by atoms with Crippen LogP contribution in [0.3, 0.4) is 0 Å². The molecule has 0 saturated carbocycles. The van der Waals surface area contributed by atoms with E-state index in [4.69, 9.17) is 0 Å². The molecule has 1 nitrogen and oxygen atoms in total. The van der Waals surface area contributed by atoms with E-state index in [2.05, 4.69) is 72.0 Å². The summed E-state index contributed by atoms with van der Waals surface area (Å²) in [5.41, 5.74) is -14.3. The fourth-order valence-corrected chi connectivity index (χ4v) is 53.0. The van der Waals surface area contributed by atoms with Gasteiger partial charge in [0.2, 0.25) is 33.7 Å². The molecule has 0 bridgehead atoms. The van der Waals surface area contributed by atoms with Crippen LogP contribution in [0.1, 0.15) is 0 Å². The van der Waals surface area contributed by atoms with Crippen molar-refractivity contribution in [3.05, 3.63) is 116 Å². The molecular formula is C35H34BF20NSi4. The summed E-state index contributed by atoms with van der Waals surface area (Å²) in [5.74, 6) is -71.4. The van der Waals surface area contributed by atoms with E-state index in [1.165, 1.54) is 0 Å². The monoisotopic (exact) mass is 971 g/mol. The summed E-state index contributed by atoms with van der Waals surface area (Å²) < 4.78 is 296. The Morgan fingerprint density at radius 3 is 0.459 bits per heavy atom. The van der Waals surface area contributed by atoms with Gasteiger partial charge >= 0.3 is 0 Å². The van der Waals surface area contributed by atoms with E-state index in [1.807, 2.05) is 0 Å². The third-order valence-electron chi connectivity index (χ3n) is 10.7. The minimum Gasteiger partial charge on any atom is -0.576 e. The number of halogens is 20. The molecule has 4 rings (SSSR count). The van der Waals surface area contributed by atoms with Crippen LogP contribution in [0, 0.1) is 116 Å². The lowest BCUT2D eigenvalue weighted by Crippen LogP contribution is -2.87. The minimum atomic E-state index is -7.22. The quantitative estimate of drug-likeness (QED) is 0.0715. The Morgan fingerprint density at radius 1 is 0.262 bits per heavy atom. The fraction of sp³-hybridized carbons (Fsp3) is 0.314. The first kappa shape index (κ1) is 51.7. The van der Waals surface area contributed by atoms with E-state index in [-0.39, 0.29) is 0 Å². The first-order chi connectivity index (χ1) is 27.4. The normalized spacial score (nSPS) is 13.0. The van der Waals surface area contributed by atoms with Crippen molar-refractivity contribution in [3.63, 3.8) is 0 Å². The van der Waals surface area contributed by atoms with Crippen LogP contribution in [0.2, 0.25) is 72.0 Å². The molecule has 0 amide bonds. The molecule has 61 heavy (non-hydrogen) atoms. The van der Waals surface area contributed by atoms with Crippen LogP contribution >= 0.6 is 0 Å². The maximum absolute atomic E-state index is 15.4. The maximum atomic E-state index is 15.4. The number of hydrogen-bond acceptors (Lipinski definition) is 0. The van der Waals surface area contributed by atoms with Crippen LogP contribution in [-0.2, 0) is 0 Å². The smallest absolute Gasteiger partial charge is 0.226 e. The Hall–Kier alpha value is -3.63. The second kappa shape index (κ2) is 16.8. The van der Waals surface area contributed by atoms with E-state index in [0.717, 1.165) is 0 Å². The van der Waals surface area contributed by atoms with Gasteiger partial charge in [-0.2, -0.15) is 0 Å². The van der Waals surface area contributed by atoms with E-state index in [0.29, 0.717) is 0 Å². The van der Waals surface area contributed by atoms with Gasteiger partial charge in [-0.3, -0.25) is 0 Å². The molecule has 4 aromatic carbocycles. The molecule has 0 aliphatic heterocycles. The predicted octanol–water partition coefficient (Wildman–Crippen LogP) is 10.1. The predicted molar refractivity (Wildman–Crippen MR) is 198 cm³/mol. The SMILES string of the molecule is C[SiH](C)[N+]([Si](C)(C)C)([Si](C)(C)C)[Si](C)(C)C.Fc1c(F)c(F)c([B-](c2c(F)c(F)c(F)c(F)c2F)(c2c(F)c(F)c(F)c(F)c2F)c2c(F)c(F)c(F)c(F)c2F)c(F)c1F. The van der Waals surface area contributed by atoms with Crippen LogP contribution < -0.4 is 21.9 Å². The number of nitrogens with zero attached hydrogens (tertiary/aromatic N) is 1. The molecule has 0 atom stereocenters. The van der Waals surface area contributed by atoms with Gasteiger partial charge in [-0.25, -0.2) is 87.8 Å². The van der Waals surface area contributed by atoms with Gasteiger partial charge in [-0.1, -0.05) is 0 Å². The average molecular weight is 972 g/mol. The highest BCUT2D eigenvalue weighted by molar-refractivity contribution is 7.20. The fourth-order valence-electron chi connectivity index (χ4n) is 10.2. The van der Waals surface area contributed by atoms with Gasteiger partial charge in [0, 0.05) is 0 Å². The van der Waals surface area contributed by atoms with Crippen LogP contribution in [0.4, 0.5) is 87.8 Å².